The van der Waals surface area contributed by atoms with Crippen molar-refractivity contribution in [3.63, 3.8) is 0 Å². The van der Waals surface area contributed by atoms with Crippen molar-refractivity contribution in [2.24, 2.45) is 5.92 Å². The maximum atomic E-state index is 10.5. The Bertz CT molecular complexity index is 301. The van der Waals surface area contributed by atoms with Gasteiger partial charge in [-0.3, -0.25) is 0 Å². The van der Waals surface area contributed by atoms with Crippen molar-refractivity contribution in [3.8, 4) is 5.75 Å². The summed E-state index contributed by atoms with van der Waals surface area (Å²) in [4.78, 5) is 10.5. The maximum absolute atomic E-state index is 10.5. The van der Waals surface area contributed by atoms with E-state index >= 15 is 0 Å². The van der Waals surface area contributed by atoms with Crippen LogP contribution in [0.5, 0.6) is 5.75 Å². The molecule has 0 aliphatic heterocycles. The van der Waals surface area contributed by atoms with E-state index in [2.05, 4.69) is 0 Å². The van der Waals surface area contributed by atoms with Crippen LogP contribution in [0, 0.1) is 5.92 Å². The number of carbonyl (C=O) groups is 1. The molecular weight excluding hydrogens is 188 g/mol. The smallest absolute Gasteiger partial charge is 0.123 e. The number of hydrogen-bond acceptors (Lipinski definition) is 2. The van der Waals surface area contributed by atoms with E-state index in [4.69, 9.17) is 4.74 Å². The Morgan fingerprint density at radius 3 is 2.27 bits per heavy atom. The van der Waals surface area contributed by atoms with Gasteiger partial charge in [-0.2, -0.15) is 0 Å². The number of carbonyl (C=O) groups excluding carboxylic acids is 1. The summed E-state index contributed by atoms with van der Waals surface area (Å²) in [6, 6.07) is 7.93. The van der Waals surface area contributed by atoms with E-state index in [1.54, 1.807) is 0 Å². The molecule has 0 aromatic heterocycles. The highest BCUT2D eigenvalue weighted by Gasteiger charge is 2.02. The fourth-order valence-electron chi connectivity index (χ4n) is 1.40. The average molecular weight is 206 g/mol. The second-order valence-corrected chi connectivity index (χ2v) is 4.13. The highest BCUT2D eigenvalue weighted by atomic mass is 16.5. The van der Waals surface area contributed by atoms with Crippen molar-refractivity contribution in [2.75, 3.05) is 0 Å². The van der Waals surface area contributed by atoms with Crippen LogP contribution in [-0.2, 0) is 11.2 Å². The number of aldehydes is 1. The standard InChI is InChI=1S/C13H18O2/c1-10(2)15-13-6-4-12(5-7-13)8-11(3)9-14/h4-7,9-11H,8H2,1-3H3. The third-order valence-corrected chi connectivity index (χ3v) is 2.09. The zero-order valence-electron chi connectivity index (χ0n) is 9.57. The Labute approximate surface area is 91.3 Å². The highest BCUT2D eigenvalue weighted by molar-refractivity contribution is 5.53. The lowest BCUT2D eigenvalue weighted by molar-refractivity contribution is -0.110. The van der Waals surface area contributed by atoms with Crippen molar-refractivity contribution < 1.29 is 9.53 Å². The van der Waals surface area contributed by atoms with E-state index in [9.17, 15) is 4.79 Å². The van der Waals surface area contributed by atoms with Gasteiger partial charge in [-0.05, 0) is 38.0 Å². The SMILES string of the molecule is CC(C=O)Cc1ccc(OC(C)C)cc1. The molecule has 0 fully saturated rings. The van der Waals surface area contributed by atoms with Gasteiger partial charge >= 0.3 is 0 Å². The minimum absolute atomic E-state index is 0.0851. The van der Waals surface area contributed by atoms with Crippen molar-refractivity contribution in [3.05, 3.63) is 29.8 Å². The molecule has 82 valence electrons. The van der Waals surface area contributed by atoms with Crippen LogP contribution in [0.4, 0.5) is 0 Å². The minimum Gasteiger partial charge on any atom is -0.491 e. The molecule has 0 aliphatic rings. The first-order valence-electron chi connectivity index (χ1n) is 5.32. The summed E-state index contributed by atoms with van der Waals surface area (Å²) in [6.45, 7) is 5.93. The molecule has 1 rings (SSSR count). The number of benzene rings is 1. The average Bonchev–Trinajstić information content (AvgIpc) is 2.20. The van der Waals surface area contributed by atoms with Crippen molar-refractivity contribution >= 4 is 6.29 Å². The van der Waals surface area contributed by atoms with Crippen LogP contribution >= 0.6 is 0 Å². The maximum Gasteiger partial charge on any atom is 0.123 e. The van der Waals surface area contributed by atoms with E-state index in [-0.39, 0.29) is 12.0 Å². The summed E-state index contributed by atoms with van der Waals surface area (Å²) in [5.41, 5.74) is 1.17. The molecule has 0 radical (unpaired) electrons. The normalized spacial score (nSPS) is 12.5. The summed E-state index contributed by atoms with van der Waals surface area (Å²) in [6.07, 6.45) is 1.98. The lowest BCUT2D eigenvalue weighted by atomic mass is 10.0. The molecule has 0 aliphatic carbocycles. The van der Waals surface area contributed by atoms with Gasteiger partial charge < -0.3 is 9.53 Å². The second kappa shape index (κ2) is 5.54. The molecule has 2 nitrogen and oxygen atoms in total. The van der Waals surface area contributed by atoms with Crippen LogP contribution in [0.1, 0.15) is 26.3 Å². The fraction of sp³-hybridized carbons (Fsp3) is 0.462. The zero-order valence-corrected chi connectivity index (χ0v) is 9.57. The van der Waals surface area contributed by atoms with Gasteiger partial charge in [0.05, 0.1) is 6.10 Å². The van der Waals surface area contributed by atoms with E-state index in [1.165, 1.54) is 5.56 Å². The summed E-state index contributed by atoms with van der Waals surface area (Å²) in [5.74, 6) is 0.967. The molecule has 2 heteroatoms. The van der Waals surface area contributed by atoms with E-state index in [0.717, 1.165) is 18.5 Å². The quantitative estimate of drug-likeness (QED) is 0.692. The molecule has 0 saturated heterocycles. The third kappa shape index (κ3) is 4.15. The monoisotopic (exact) mass is 206 g/mol. The predicted molar refractivity (Wildman–Crippen MR) is 61.1 cm³/mol. The Balaban J connectivity index is 2.59. The summed E-state index contributed by atoms with van der Waals surface area (Å²) < 4.78 is 5.53. The highest BCUT2D eigenvalue weighted by Crippen LogP contribution is 2.15. The first-order chi connectivity index (χ1) is 7.11. The van der Waals surface area contributed by atoms with Gasteiger partial charge in [0, 0.05) is 5.92 Å². The topological polar surface area (TPSA) is 26.3 Å². The molecule has 15 heavy (non-hydrogen) atoms. The van der Waals surface area contributed by atoms with Gasteiger partial charge in [0.15, 0.2) is 0 Å². The van der Waals surface area contributed by atoms with Gasteiger partial charge in [0.2, 0.25) is 0 Å². The number of rotatable bonds is 5. The van der Waals surface area contributed by atoms with Crippen LogP contribution in [-0.4, -0.2) is 12.4 Å². The summed E-state index contributed by atoms with van der Waals surface area (Å²) in [7, 11) is 0. The first-order valence-corrected chi connectivity index (χ1v) is 5.32. The predicted octanol–water partition coefficient (Wildman–Crippen LogP) is 2.85. The van der Waals surface area contributed by atoms with Crippen molar-refractivity contribution in [2.45, 2.75) is 33.3 Å². The van der Waals surface area contributed by atoms with Gasteiger partial charge in [0.25, 0.3) is 0 Å². The molecule has 1 unspecified atom stereocenters. The molecule has 0 amide bonds. The number of hydrogen-bond donors (Lipinski definition) is 0. The summed E-state index contributed by atoms with van der Waals surface area (Å²) in [5, 5.41) is 0. The van der Waals surface area contributed by atoms with E-state index < -0.39 is 0 Å². The Hall–Kier alpha value is -1.31. The molecular formula is C13H18O2. The molecule has 1 atom stereocenters. The second-order valence-electron chi connectivity index (χ2n) is 4.13. The molecule has 1 aromatic rings. The fourth-order valence-corrected chi connectivity index (χ4v) is 1.40. The minimum atomic E-state index is 0.0851. The largest absolute Gasteiger partial charge is 0.491 e. The van der Waals surface area contributed by atoms with E-state index in [1.807, 2.05) is 45.0 Å². The van der Waals surface area contributed by atoms with Crippen LogP contribution < -0.4 is 4.74 Å². The zero-order chi connectivity index (χ0) is 11.3. The van der Waals surface area contributed by atoms with Crippen molar-refractivity contribution in [1.82, 2.24) is 0 Å². The van der Waals surface area contributed by atoms with Gasteiger partial charge in [-0.1, -0.05) is 19.1 Å². The molecule has 0 bridgehead atoms. The summed E-state index contributed by atoms with van der Waals surface area (Å²) >= 11 is 0. The van der Waals surface area contributed by atoms with Gasteiger partial charge in [0.1, 0.15) is 12.0 Å². The van der Waals surface area contributed by atoms with Crippen LogP contribution in [0.3, 0.4) is 0 Å². The molecule has 0 N–H and O–H groups in total. The van der Waals surface area contributed by atoms with Gasteiger partial charge in [-0.15, -0.1) is 0 Å². The number of ether oxygens (including phenoxy) is 1. The lowest BCUT2D eigenvalue weighted by Gasteiger charge is -2.10. The van der Waals surface area contributed by atoms with E-state index in [0.29, 0.717) is 0 Å². The van der Waals surface area contributed by atoms with Crippen LogP contribution in [0.25, 0.3) is 0 Å². The first kappa shape index (κ1) is 11.8. The van der Waals surface area contributed by atoms with Gasteiger partial charge in [-0.25, -0.2) is 0 Å². The molecule has 0 spiro atoms. The Kier molecular flexibility index (Phi) is 4.35. The van der Waals surface area contributed by atoms with Crippen LogP contribution in [0.2, 0.25) is 0 Å². The Morgan fingerprint density at radius 1 is 1.20 bits per heavy atom. The molecule has 0 saturated carbocycles. The lowest BCUT2D eigenvalue weighted by Crippen LogP contribution is -2.05. The third-order valence-electron chi connectivity index (χ3n) is 2.09. The van der Waals surface area contributed by atoms with Crippen molar-refractivity contribution in [1.29, 1.82) is 0 Å². The van der Waals surface area contributed by atoms with Crippen LogP contribution in [0.15, 0.2) is 24.3 Å². The Morgan fingerprint density at radius 2 is 1.80 bits per heavy atom. The molecule has 1 aromatic carbocycles. The molecule has 0 heterocycles.